The number of methoxy groups -OCH3 is 1. The van der Waals surface area contributed by atoms with Crippen LogP contribution in [0.25, 0.3) is 0 Å². The molecule has 0 aromatic carbocycles. The van der Waals surface area contributed by atoms with Gasteiger partial charge in [0.05, 0.1) is 12.8 Å². The van der Waals surface area contributed by atoms with Crippen LogP contribution in [0, 0.1) is 0 Å². The van der Waals surface area contributed by atoms with Gasteiger partial charge in [0.2, 0.25) is 0 Å². The molecule has 1 aliphatic heterocycles. The highest BCUT2D eigenvalue weighted by atomic mass is 16.5. The molecule has 92 valence electrons. The number of carbonyl (C=O) groups excluding carboxylic acids is 1. The average molecular weight is 235 g/mol. The van der Waals surface area contributed by atoms with Crippen LogP contribution in [0.4, 0.5) is 0 Å². The van der Waals surface area contributed by atoms with Crippen LogP contribution in [-0.2, 0) is 17.7 Å². The zero-order valence-corrected chi connectivity index (χ0v) is 10.4. The molecule has 17 heavy (non-hydrogen) atoms. The molecule has 0 fully saturated rings. The molecule has 0 aliphatic carbocycles. The summed E-state index contributed by atoms with van der Waals surface area (Å²) >= 11 is 0. The summed E-state index contributed by atoms with van der Waals surface area (Å²) in [5, 5.41) is 3.25. The summed E-state index contributed by atoms with van der Waals surface area (Å²) in [6, 6.07) is 0. The molecule has 1 aromatic rings. The fourth-order valence-electron chi connectivity index (χ4n) is 1.90. The number of carbonyl (C=O) groups is 1. The van der Waals surface area contributed by atoms with Gasteiger partial charge in [0.15, 0.2) is 5.69 Å². The minimum absolute atomic E-state index is 0.200. The van der Waals surface area contributed by atoms with Crippen molar-refractivity contribution < 1.29 is 9.53 Å². The summed E-state index contributed by atoms with van der Waals surface area (Å²) in [6.45, 7) is 5.57. The number of ether oxygens (including phenoxy) is 1. The molecule has 1 aliphatic rings. The highest BCUT2D eigenvalue weighted by Gasteiger charge is 2.23. The van der Waals surface area contributed by atoms with Crippen LogP contribution in [0.1, 0.15) is 47.3 Å². The summed E-state index contributed by atoms with van der Waals surface area (Å²) < 4.78 is 4.79. The van der Waals surface area contributed by atoms with Gasteiger partial charge in [-0.25, -0.2) is 14.8 Å². The standard InChI is InChI=1S/C12H17N3O2/c1-7(2)11-14-9-6-13-5-4-8(9)10(15-11)12(16)17-3/h7,13H,4-6H2,1-3H3. The third kappa shape index (κ3) is 2.29. The van der Waals surface area contributed by atoms with E-state index in [4.69, 9.17) is 4.74 Å². The van der Waals surface area contributed by atoms with Crippen molar-refractivity contribution in [3.8, 4) is 0 Å². The molecule has 0 unspecified atom stereocenters. The van der Waals surface area contributed by atoms with Crippen LogP contribution in [-0.4, -0.2) is 29.6 Å². The van der Waals surface area contributed by atoms with E-state index in [1.165, 1.54) is 7.11 Å². The van der Waals surface area contributed by atoms with Gasteiger partial charge in [-0.15, -0.1) is 0 Å². The van der Waals surface area contributed by atoms with Gasteiger partial charge in [-0.1, -0.05) is 13.8 Å². The highest BCUT2D eigenvalue weighted by Crippen LogP contribution is 2.19. The Labute approximate surface area is 101 Å². The van der Waals surface area contributed by atoms with Gasteiger partial charge in [0, 0.05) is 18.0 Å². The third-order valence-corrected chi connectivity index (χ3v) is 2.85. The first-order valence-corrected chi connectivity index (χ1v) is 5.82. The second kappa shape index (κ2) is 4.79. The van der Waals surface area contributed by atoms with Gasteiger partial charge in [-0.05, 0) is 13.0 Å². The number of nitrogens with zero attached hydrogens (tertiary/aromatic N) is 2. The van der Waals surface area contributed by atoms with Crippen molar-refractivity contribution in [1.29, 1.82) is 0 Å². The Morgan fingerprint density at radius 1 is 1.41 bits per heavy atom. The molecule has 0 saturated carbocycles. The van der Waals surface area contributed by atoms with Crippen molar-refractivity contribution in [3.05, 3.63) is 22.8 Å². The third-order valence-electron chi connectivity index (χ3n) is 2.85. The van der Waals surface area contributed by atoms with Gasteiger partial charge < -0.3 is 10.1 Å². The van der Waals surface area contributed by atoms with Crippen LogP contribution in [0.15, 0.2) is 0 Å². The lowest BCUT2D eigenvalue weighted by molar-refractivity contribution is 0.0591. The molecular formula is C12H17N3O2. The highest BCUT2D eigenvalue weighted by molar-refractivity contribution is 5.89. The van der Waals surface area contributed by atoms with E-state index >= 15 is 0 Å². The van der Waals surface area contributed by atoms with Gasteiger partial charge in [0.25, 0.3) is 0 Å². The lowest BCUT2D eigenvalue weighted by Crippen LogP contribution is -2.28. The summed E-state index contributed by atoms with van der Waals surface area (Å²) in [5.41, 5.74) is 2.29. The van der Waals surface area contributed by atoms with Crippen LogP contribution in [0.2, 0.25) is 0 Å². The lowest BCUT2D eigenvalue weighted by atomic mass is 10.0. The molecule has 0 radical (unpaired) electrons. The van der Waals surface area contributed by atoms with E-state index in [-0.39, 0.29) is 11.9 Å². The molecule has 0 amide bonds. The first-order chi connectivity index (χ1) is 8.13. The molecule has 0 spiro atoms. The minimum atomic E-state index is -0.368. The van der Waals surface area contributed by atoms with E-state index in [2.05, 4.69) is 15.3 Å². The largest absolute Gasteiger partial charge is 0.464 e. The van der Waals surface area contributed by atoms with Crippen molar-refractivity contribution >= 4 is 5.97 Å². The number of nitrogens with one attached hydrogen (secondary N) is 1. The van der Waals surface area contributed by atoms with Crippen molar-refractivity contribution in [2.24, 2.45) is 0 Å². The van der Waals surface area contributed by atoms with Crippen LogP contribution < -0.4 is 5.32 Å². The fraction of sp³-hybridized carbons (Fsp3) is 0.583. The summed E-state index contributed by atoms with van der Waals surface area (Å²) in [6.07, 6.45) is 0.776. The SMILES string of the molecule is COC(=O)c1nc(C(C)C)nc2c1CCNC2. The number of fused-ring (bicyclic) bond motifs is 1. The zero-order chi connectivity index (χ0) is 12.4. The van der Waals surface area contributed by atoms with Gasteiger partial charge in [-0.3, -0.25) is 0 Å². The van der Waals surface area contributed by atoms with E-state index in [0.29, 0.717) is 18.1 Å². The van der Waals surface area contributed by atoms with E-state index in [1.807, 2.05) is 13.8 Å². The molecule has 1 N–H and O–H groups in total. The lowest BCUT2D eigenvalue weighted by Gasteiger charge is -2.19. The molecule has 2 rings (SSSR count). The Bertz CT molecular complexity index is 444. The monoisotopic (exact) mass is 235 g/mol. The summed E-state index contributed by atoms with van der Waals surface area (Å²) in [5.74, 6) is 0.533. The summed E-state index contributed by atoms with van der Waals surface area (Å²) in [4.78, 5) is 20.6. The quantitative estimate of drug-likeness (QED) is 0.776. The molecule has 1 aromatic heterocycles. The Balaban J connectivity index is 2.54. The van der Waals surface area contributed by atoms with Crippen LogP contribution in [0.5, 0.6) is 0 Å². The van der Waals surface area contributed by atoms with Crippen molar-refractivity contribution in [2.45, 2.75) is 32.7 Å². The molecule has 2 heterocycles. The maximum absolute atomic E-state index is 11.7. The van der Waals surface area contributed by atoms with Gasteiger partial charge in [0.1, 0.15) is 5.82 Å². The van der Waals surface area contributed by atoms with Crippen molar-refractivity contribution in [1.82, 2.24) is 15.3 Å². The maximum Gasteiger partial charge on any atom is 0.357 e. The maximum atomic E-state index is 11.7. The number of esters is 1. The summed E-state index contributed by atoms with van der Waals surface area (Å²) in [7, 11) is 1.38. The van der Waals surface area contributed by atoms with Crippen LogP contribution >= 0.6 is 0 Å². The topological polar surface area (TPSA) is 64.1 Å². The Morgan fingerprint density at radius 2 is 2.18 bits per heavy atom. The second-order valence-electron chi connectivity index (χ2n) is 4.43. The normalized spacial score (nSPS) is 14.6. The smallest absolute Gasteiger partial charge is 0.357 e. The molecule has 0 saturated heterocycles. The van der Waals surface area contributed by atoms with Crippen LogP contribution in [0.3, 0.4) is 0 Å². The van der Waals surface area contributed by atoms with E-state index < -0.39 is 0 Å². The van der Waals surface area contributed by atoms with E-state index in [0.717, 1.165) is 24.2 Å². The molecular weight excluding hydrogens is 218 g/mol. The fourth-order valence-corrected chi connectivity index (χ4v) is 1.90. The predicted molar refractivity (Wildman–Crippen MR) is 62.9 cm³/mol. The predicted octanol–water partition coefficient (Wildman–Crippen LogP) is 1.03. The Hall–Kier alpha value is -1.49. The molecule has 5 nitrogen and oxygen atoms in total. The molecule has 0 atom stereocenters. The minimum Gasteiger partial charge on any atom is -0.464 e. The molecule has 5 heteroatoms. The molecule has 0 bridgehead atoms. The van der Waals surface area contributed by atoms with Gasteiger partial charge >= 0.3 is 5.97 Å². The van der Waals surface area contributed by atoms with E-state index in [9.17, 15) is 4.79 Å². The van der Waals surface area contributed by atoms with Crippen molar-refractivity contribution in [3.63, 3.8) is 0 Å². The Kier molecular flexibility index (Phi) is 3.38. The first-order valence-electron chi connectivity index (χ1n) is 5.82. The Morgan fingerprint density at radius 3 is 2.82 bits per heavy atom. The first kappa shape index (κ1) is 12.0. The van der Waals surface area contributed by atoms with Crippen molar-refractivity contribution in [2.75, 3.05) is 13.7 Å². The second-order valence-corrected chi connectivity index (χ2v) is 4.43. The number of hydrogen-bond donors (Lipinski definition) is 1. The van der Waals surface area contributed by atoms with Gasteiger partial charge in [-0.2, -0.15) is 0 Å². The zero-order valence-electron chi connectivity index (χ0n) is 10.4. The number of hydrogen-bond acceptors (Lipinski definition) is 5. The number of rotatable bonds is 2. The number of aromatic nitrogens is 2. The van der Waals surface area contributed by atoms with E-state index in [1.54, 1.807) is 0 Å². The average Bonchev–Trinajstić information content (AvgIpc) is 2.36.